The van der Waals surface area contributed by atoms with Crippen molar-refractivity contribution in [2.24, 2.45) is 0 Å². The van der Waals surface area contributed by atoms with Gasteiger partial charge in [0, 0.05) is 13.2 Å². The van der Waals surface area contributed by atoms with E-state index >= 15 is 0 Å². The van der Waals surface area contributed by atoms with Gasteiger partial charge in [-0.15, -0.1) is 0 Å². The predicted octanol–water partition coefficient (Wildman–Crippen LogP) is 2.83. The lowest BCUT2D eigenvalue weighted by atomic mass is 9.98. The molecule has 1 atom stereocenters. The molecule has 1 aliphatic rings. The monoisotopic (exact) mass is 240 g/mol. The van der Waals surface area contributed by atoms with E-state index in [2.05, 4.69) is 6.42 Å². The summed E-state index contributed by atoms with van der Waals surface area (Å²) in [6, 6.07) is 0. The second-order valence-corrected chi connectivity index (χ2v) is 4.49. The summed E-state index contributed by atoms with van der Waals surface area (Å²) >= 11 is 0. The Balaban J connectivity index is 1.94. The molecule has 0 aromatic rings. The maximum atomic E-state index is 10.5. The highest BCUT2D eigenvalue weighted by atomic mass is 16.5. The van der Waals surface area contributed by atoms with Crippen LogP contribution >= 0.6 is 0 Å². The minimum atomic E-state index is -0.343. The average molecular weight is 240 g/mol. The van der Waals surface area contributed by atoms with Crippen molar-refractivity contribution in [3.05, 3.63) is 6.42 Å². The van der Waals surface area contributed by atoms with E-state index in [1.807, 2.05) is 13.2 Å². The fourth-order valence-electron chi connectivity index (χ4n) is 2.12. The van der Waals surface area contributed by atoms with Gasteiger partial charge in [0.2, 0.25) is 6.29 Å². The Morgan fingerprint density at radius 3 is 2.76 bits per heavy atom. The van der Waals surface area contributed by atoms with Crippen LogP contribution in [0.4, 0.5) is 0 Å². The van der Waals surface area contributed by atoms with Crippen molar-refractivity contribution in [2.45, 2.75) is 64.1 Å². The molecule has 3 nitrogen and oxygen atoms in total. The van der Waals surface area contributed by atoms with Crippen LogP contribution in [0.25, 0.3) is 0 Å². The van der Waals surface area contributed by atoms with Crippen LogP contribution < -0.4 is 0 Å². The van der Waals surface area contributed by atoms with Crippen molar-refractivity contribution >= 4 is 6.29 Å². The molecule has 0 amide bonds. The molecule has 0 spiro atoms. The summed E-state index contributed by atoms with van der Waals surface area (Å²) in [5, 5.41) is 0. The van der Waals surface area contributed by atoms with Gasteiger partial charge in [0.05, 0.1) is 6.10 Å². The molecule has 1 unspecified atom stereocenters. The van der Waals surface area contributed by atoms with Crippen LogP contribution in [0, 0.1) is 6.42 Å². The molecule has 0 aromatic heterocycles. The molecule has 0 aromatic carbocycles. The third kappa shape index (κ3) is 6.79. The second-order valence-electron chi connectivity index (χ2n) is 4.49. The largest absolute Gasteiger partial charge is 0.378 e. The molecular weight excluding hydrogens is 216 g/mol. The highest BCUT2D eigenvalue weighted by Crippen LogP contribution is 2.19. The normalized spacial score (nSPS) is 19.1. The van der Waals surface area contributed by atoms with E-state index in [9.17, 15) is 4.79 Å². The summed E-state index contributed by atoms with van der Waals surface area (Å²) in [7, 11) is 0. The fraction of sp³-hybridized carbons (Fsp3) is 0.857. The Morgan fingerprint density at radius 1 is 1.35 bits per heavy atom. The van der Waals surface area contributed by atoms with Crippen molar-refractivity contribution < 1.29 is 14.3 Å². The van der Waals surface area contributed by atoms with Gasteiger partial charge in [-0.05, 0) is 58.3 Å². The lowest BCUT2D eigenvalue weighted by Crippen LogP contribution is -2.18. The van der Waals surface area contributed by atoms with Gasteiger partial charge in [-0.2, -0.15) is 0 Å². The van der Waals surface area contributed by atoms with Gasteiger partial charge in [0.1, 0.15) is 6.10 Å². The molecule has 1 rings (SSSR count). The van der Waals surface area contributed by atoms with E-state index in [0.29, 0.717) is 12.7 Å². The quantitative estimate of drug-likeness (QED) is 0.581. The zero-order valence-corrected chi connectivity index (χ0v) is 10.8. The number of unbranched alkanes of at least 4 members (excludes halogenated alkanes) is 1. The highest BCUT2D eigenvalue weighted by molar-refractivity contribution is 5.56. The maximum absolute atomic E-state index is 10.5. The van der Waals surface area contributed by atoms with Crippen LogP contribution in [0.15, 0.2) is 0 Å². The standard InChI is InChI=1S/C14H24O3/c1-2-16-14(12-15)10-6-7-11-17-13-8-4-3-5-9-13/h3,13-14H,2,4-11H2,1H3. The summed E-state index contributed by atoms with van der Waals surface area (Å²) < 4.78 is 11.0. The third-order valence-electron chi connectivity index (χ3n) is 3.10. The number of rotatable bonds is 9. The van der Waals surface area contributed by atoms with E-state index in [1.54, 1.807) is 0 Å². The third-order valence-corrected chi connectivity index (χ3v) is 3.10. The number of ether oxygens (including phenoxy) is 2. The predicted molar refractivity (Wildman–Crippen MR) is 67.5 cm³/mol. The van der Waals surface area contributed by atoms with Gasteiger partial charge in [-0.1, -0.05) is 0 Å². The van der Waals surface area contributed by atoms with Crippen LogP contribution in [-0.4, -0.2) is 31.7 Å². The van der Waals surface area contributed by atoms with Gasteiger partial charge < -0.3 is 9.47 Å². The van der Waals surface area contributed by atoms with Crippen LogP contribution in [0.3, 0.4) is 0 Å². The molecular formula is C14H24O3. The Bertz CT molecular complexity index is 188. The van der Waals surface area contributed by atoms with E-state index < -0.39 is 0 Å². The second kappa shape index (κ2) is 9.60. The highest BCUT2D eigenvalue weighted by Gasteiger charge is 2.13. The topological polar surface area (TPSA) is 35.5 Å². The first kappa shape index (κ1) is 14.7. The average Bonchev–Trinajstić information content (AvgIpc) is 2.38. The SMILES string of the molecule is CCOC([C]=O)CCCCOC1CC[CH]CC1. The lowest BCUT2D eigenvalue weighted by Gasteiger charge is -2.21. The van der Waals surface area contributed by atoms with Crippen molar-refractivity contribution in [3.8, 4) is 0 Å². The molecule has 0 N–H and O–H groups in total. The van der Waals surface area contributed by atoms with Crippen molar-refractivity contribution in [1.29, 1.82) is 0 Å². The summed E-state index contributed by atoms with van der Waals surface area (Å²) in [5.74, 6) is 0. The van der Waals surface area contributed by atoms with Gasteiger partial charge in [0.15, 0.2) is 0 Å². The Hall–Kier alpha value is -0.410. The van der Waals surface area contributed by atoms with Crippen LogP contribution in [-0.2, 0) is 14.3 Å². The Labute approximate surface area is 105 Å². The van der Waals surface area contributed by atoms with E-state index in [1.165, 1.54) is 25.7 Å². The molecule has 2 radical (unpaired) electrons. The summed E-state index contributed by atoms with van der Waals surface area (Å²) in [4.78, 5) is 10.5. The molecule has 1 aliphatic carbocycles. The smallest absolute Gasteiger partial charge is 0.229 e. The molecule has 1 saturated carbocycles. The minimum Gasteiger partial charge on any atom is -0.378 e. The fourth-order valence-corrected chi connectivity index (χ4v) is 2.12. The minimum absolute atomic E-state index is 0.343. The Kier molecular flexibility index (Phi) is 8.28. The van der Waals surface area contributed by atoms with E-state index in [0.717, 1.165) is 25.9 Å². The summed E-state index contributed by atoms with van der Waals surface area (Å²) in [5.41, 5.74) is 0. The zero-order valence-electron chi connectivity index (χ0n) is 10.8. The molecule has 0 heterocycles. The molecule has 1 fully saturated rings. The molecule has 17 heavy (non-hydrogen) atoms. The first-order chi connectivity index (χ1) is 8.36. The number of hydrogen-bond acceptors (Lipinski definition) is 3. The van der Waals surface area contributed by atoms with Crippen molar-refractivity contribution in [2.75, 3.05) is 13.2 Å². The van der Waals surface area contributed by atoms with Gasteiger partial charge >= 0.3 is 0 Å². The van der Waals surface area contributed by atoms with E-state index in [-0.39, 0.29) is 6.10 Å². The number of carbonyl (C=O) groups excluding carboxylic acids is 1. The van der Waals surface area contributed by atoms with Gasteiger partial charge in [-0.25, -0.2) is 0 Å². The van der Waals surface area contributed by atoms with Gasteiger partial charge in [-0.3, -0.25) is 4.79 Å². The molecule has 3 heteroatoms. The van der Waals surface area contributed by atoms with Crippen molar-refractivity contribution in [3.63, 3.8) is 0 Å². The maximum Gasteiger partial charge on any atom is 0.229 e. The number of hydrogen-bond donors (Lipinski definition) is 0. The zero-order chi connectivity index (χ0) is 12.3. The summed E-state index contributed by atoms with van der Waals surface area (Å²) in [6.07, 6.45) is 11.8. The van der Waals surface area contributed by atoms with Gasteiger partial charge in [0.25, 0.3) is 0 Å². The van der Waals surface area contributed by atoms with E-state index in [4.69, 9.17) is 9.47 Å². The molecule has 98 valence electrons. The summed E-state index contributed by atoms with van der Waals surface area (Å²) in [6.45, 7) is 3.28. The first-order valence-electron chi connectivity index (χ1n) is 6.79. The van der Waals surface area contributed by atoms with Crippen LogP contribution in [0.1, 0.15) is 51.9 Å². The lowest BCUT2D eigenvalue weighted by molar-refractivity contribution is 0.0304. The molecule has 0 aliphatic heterocycles. The molecule has 0 bridgehead atoms. The molecule has 0 saturated heterocycles. The van der Waals surface area contributed by atoms with Crippen molar-refractivity contribution in [1.82, 2.24) is 0 Å². The Morgan fingerprint density at radius 2 is 2.12 bits per heavy atom. The van der Waals surface area contributed by atoms with Crippen LogP contribution in [0.5, 0.6) is 0 Å². The first-order valence-corrected chi connectivity index (χ1v) is 6.79. The van der Waals surface area contributed by atoms with Crippen LogP contribution in [0.2, 0.25) is 0 Å².